The van der Waals surface area contributed by atoms with Crippen LogP contribution in [-0.2, 0) is 4.79 Å². The molecule has 0 aromatic carbocycles. The summed E-state index contributed by atoms with van der Waals surface area (Å²) in [5.41, 5.74) is 3.66. The van der Waals surface area contributed by atoms with Crippen LogP contribution < -0.4 is 10.6 Å². The van der Waals surface area contributed by atoms with Crippen LogP contribution in [0.4, 0.5) is 5.69 Å². The predicted octanol–water partition coefficient (Wildman–Crippen LogP) is 2.07. The number of rotatable bonds is 1. The molecule has 0 amide bonds. The molecule has 5 heteroatoms. The van der Waals surface area contributed by atoms with Crippen LogP contribution in [0.3, 0.4) is 0 Å². The van der Waals surface area contributed by atoms with Crippen LogP contribution in [0.2, 0.25) is 0 Å². The molecule has 2 N–H and O–H groups in total. The number of carbonyl (C=O) groups excluding carboxylic acids is 1. The van der Waals surface area contributed by atoms with Gasteiger partial charge in [-0.3, -0.25) is 9.78 Å². The van der Waals surface area contributed by atoms with Gasteiger partial charge < -0.3 is 10.6 Å². The Labute approximate surface area is 117 Å². The van der Waals surface area contributed by atoms with Crippen molar-refractivity contribution in [2.45, 2.75) is 32.2 Å². The van der Waals surface area contributed by atoms with Crippen molar-refractivity contribution in [2.75, 3.05) is 5.32 Å². The highest BCUT2D eigenvalue weighted by atomic mass is 16.1. The number of aromatic nitrogens is 1. The molecule has 1 unspecified atom stereocenters. The fourth-order valence-corrected chi connectivity index (χ4v) is 2.85. The molecule has 5 nitrogen and oxygen atoms in total. The van der Waals surface area contributed by atoms with E-state index in [-0.39, 0.29) is 11.8 Å². The van der Waals surface area contributed by atoms with Gasteiger partial charge in [0.15, 0.2) is 11.6 Å². The number of anilines is 1. The van der Waals surface area contributed by atoms with Gasteiger partial charge in [0.25, 0.3) is 0 Å². The summed E-state index contributed by atoms with van der Waals surface area (Å²) in [6, 6.07) is 2.12. The molecular formula is C15H16N4O. The van der Waals surface area contributed by atoms with E-state index in [1.54, 1.807) is 6.21 Å². The summed E-state index contributed by atoms with van der Waals surface area (Å²) >= 11 is 0. The van der Waals surface area contributed by atoms with E-state index < -0.39 is 0 Å². The molecule has 102 valence electrons. The first kappa shape index (κ1) is 11.6. The van der Waals surface area contributed by atoms with E-state index in [9.17, 15) is 4.79 Å². The highest BCUT2D eigenvalue weighted by Crippen LogP contribution is 2.45. The molecule has 0 saturated heterocycles. The second-order valence-electron chi connectivity index (χ2n) is 5.64. The summed E-state index contributed by atoms with van der Waals surface area (Å²) in [5, 5.41) is 6.71. The average Bonchev–Trinajstić information content (AvgIpc) is 3.24. The van der Waals surface area contributed by atoms with Gasteiger partial charge >= 0.3 is 0 Å². The number of fused-ring (bicyclic) bond motifs is 1. The maximum absolute atomic E-state index is 12.1. The van der Waals surface area contributed by atoms with Crippen molar-refractivity contribution in [1.82, 2.24) is 10.3 Å². The zero-order chi connectivity index (χ0) is 13.7. The number of aliphatic imine (C=N–C) groups is 1. The first-order chi connectivity index (χ1) is 9.74. The van der Waals surface area contributed by atoms with Crippen LogP contribution in [0.5, 0.6) is 0 Å². The lowest BCUT2D eigenvalue weighted by Crippen LogP contribution is -2.25. The number of Topliss-reactive ketones (excluding diaryl/α,β-unsaturated/α-hetero) is 1. The molecule has 3 aliphatic rings. The molecular weight excluding hydrogens is 252 g/mol. The summed E-state index contributed by atoms with van der Waals surface area (Å²) in [7, 11) is 0. The zero-order valence-electron chi connectivity index (χ0n) is 11.3. The van der Waals surface area contributed by atoms with Gasteiger partial charge in [-0.15, -0.1) is 0 Å². The minimum Gasteiger partial charge on any atom is -0.360 e. The van der Waals surface area contributed by atoms with Crippen molar-refractivity contribution in [1.29, 1.82) is 0 Å². The molecule has 20 heavy (non-hydrogen) atoms. The third kappa shape index (κ3) is 1.73. The highest BCUT2D eigenvalue weighted by molar-refractivity contribution is 6.07. The lowest BCUT2D eigenvalue weighted by molar-refractivity contribution is -0.114. The maximum Gasteiger partial charge on any atom is 0.188 e. The number of allylic oxidation sites excluding steroid dienone is 1. The van der Waals surface area contributed by atoms with E-state index >= 15 is 0 Å². The molecule has 2 aliphatic heterocycles. The summed E-state index contributed by atoms with van der Waals surface area (Å²) < 4.78 is 0. The van der Waals surface area contributed by atoms with Crippen LogP contribution in [0.1, 0.15) is 36.6 Å². The number of aryl methyl sites for hydroxylation is 1. The van der Waals surface area contributed by atoms with Crippen LogP contribution in [-0.4, -0.2) is 17.0 Å². The predicted molar refractivity (Wildman–Crippen MR) is 76.3 cm³/mol. The largest absolute Gasteiger partial charge is 0.360 e. The van der Waals surface area contributed by atoms with Gasteiger partial charge in [0.05, 0.1) is 17.4 Å². The molecule has 1 aromatic rings. The Hall–Kier alpha value is -2.17. The Morgan fingerprint density at radius 3 is 3.00 bits per heavy atom. The Balaban J connectivity index is 1.87. The first-order valence-corrected chi connectivity index (χ1v) is 7.03. The number of ketones is 1. The van der Waals surface area contributed by atoms with Crippen LogP contribution in [0.15, 0.2) is 28.8 Å². The van der Waals surface area contributed by atoms with Gasteiger partial charge in [-0.2, -0.15) is 0 Å². The zero-order valence-corrected chi connectivity index (χ0v) is 11.3. The third-order valence-electron chi connectivity index (χ3n) is 4.13. The molecule has 1 aromatic heterocycles. The van der Waals surface area contributed by atoms with Crippen molar-refractivity contribution in [3.63, 3.8) is 0 Å². The smallest absolute Gasteiger partial charge is 0.188 e. The minimum atomic E-state index is 0.0770. The van der Waals surface area contributed by atoms with E-state index in [2.05, 4.69) is 20.6 Å². The maximum atomic E-state index is 12.1. The number of nitrogens with one attached hydrogen (secondary N) is 2. The van der Waals surface area contributed by atoms with Crippen molar-refractivity contribution in [3.05, 3.63) is 35.0 Å². The number of pyridine rings is 1. The van der Waals surface area contributed by atoms with Crippen molar-refractivity contribution in [3.8, 4) is 0 Å². The Morgan fingerprint density at radius 1 is 1.35 bits per heavy atom. The van der Waals surface area contributed by atoms with Crippen molar-refractivity contribution >= 4 is 17.7 Å². The second kappa shape index (κ2) is 4.16. The minimum absolute atomic E-state index is 0.0770. The van der Waals surface area contributed by atoms with E-state index in [4.69, 9.17) is 0 Å². The summed E-state index contributed by atoms with van der Waals surface area (Å²) in [5.74, 6) is 1.33. The fraction of sp³-hybridized carbons (Fsp3) is 0.400. The number of hydrogen-bond donors (Lipinski definition) is 2. The Kier molecular flexibility index (Phi) is 2.42. The van der Waals surface area contributed by atoms with Crippen LogP contribution in [0.25, 0.3) is 0 Å². The van der Waals surface area contributed by atoms with E-state index in [1.165, 1.54) is 12.8 Å². The normalized spacial score (nSPS) is 24.4. The van der Waals surface area contributed by atoms with Crippen LogP contribution >= 0.6 is 0 Å². The molecule has 3 heterocycles. The van der Waals surface area contributed by atoms with E-state index in [0.717, 1.165) is 16.9 Å². The lowest BCUT2D eigenvalue weighted by Gasteiger charge is -2.19. The van der Waals surface area contributed by atoms with Crippen molar-refractivity contribution in [2.24, 2.45) is 10.9 Å². The van der Waals surface area contributed by atoms with Crippen LogP contribution in [0, 0.1) is 12.8 Å². The summed E-state index contributed by atoms with van der Waals surface area (Å²) in [6.45, 7) is 2.04. The quantitative estimate of drug-likeness (QED) is 0.818. The number of hydrogen-bond acceptors (Lipinski definition) is 5. The topological polar surface area (TPSA) is 66.4 Å². The monoisotopic (exact) mass is 268 g/mol. The Morgan fingerprint density at radius 2 is 2.20 bits per heavy atom. The molecule has 1 aliphatic carbocycles. The highest BCUT2D eigenvalue weighted by Gasteiger charge is 2.38. The molecule has 0 spiro atoms. The van der Waals surface area contributed by atoms with Gasteiger partial charge in [-0.05, 0) is 37.3 Å². The van der Waals surface area contributed by atoms with Gasteiger partial charge in [0.1, 0.15) is 5.70 Å². The van der Waals surface area contributed by atoms with Gasteiger partial charge in [-0.1, -0.05) is 0 Å². The third-order valence-corrected chi connectivity index (χ3v) is 4.13. The lowest BCUT2D eigenvalue weighted by atomic mass is 10.0. The van der Waals surface area contributed by atoms with Crippen molar-refractivity contribution < 1.29 is 4.79 Å². The number of carbonyl (C=O) groups is 1. The molecule has 4 rings (SSSR count). The summed E-state index contributed by atoms with van der Waals surface area (Å²) in [6.07, 6.45) is 6.27. The average molecular weight is 268 g/mol. The molecule has 1 saturated carbocycles. The molecule has 0 radical (unpaired) electrons. The molecule has 1 atom stereocenters. The fourth-order valence-electron chi connectivity index (χ4n) is 2.85. The first-order valence-electron chi connectivity index (χ1n) is 7.03. The van der Waals surface area contributed by atoms with E-state index in [1.807, 2.05) is 19.2 Å². The standard InChI is InChI=1S/C15H16N4O/c1-8-4-6-16-14-11(8)18-13-10(20)5-7-17-15(13)19-12(14)9-2-3-9/h4,6-7,9,12,18-19H,2-3,5H2,1H3. The SMILES string of the molecule is Cc1ccnc2c1NC1=C(N=CCC1=O)NC2C1CC1. The summed E-state index contributed by atoms with van der Waals surface area (Å²) in [4.78, 5) is 21.0. The van der Waals surface area contributed by atoms with E-state index in [0.29, 0.717) is 23.9 Å². The molecule has 1 fully saturated rings. The van der Waals surface area contributed by atoms with Gasteiger partial charge in [-0.25, -0.2) is 4.99 Å². The number of nitrogens with zero attached hydrogens (tertiary/aromatic N) is 2. The van der Waals surface area contributed by atoms with Gasteiger partial charge in [0.2, 0.25) is 0 Å². The molecule has 0 bridgehead atoms. The Bertz CT molecular complexity index is 658. The second-order valence-corrected chi connectivity index (χ2v) is 5.64. The van der Waals surface area contributed by atoms with Gasteiger partial charge in [0, 0.05) is 18.8 Å².